The minimum atomic E-state index is -0.216. The number of hydrogen-bond acceptors (Lipinski definition) is 4. The van der Waals surface area contributed by atoms with Crippen molar-refractivity contribution in [3.63, 3.8) is 0 Å². The summed E-state index contributed by atoms with van der Waals surface area (Å²) >= 11 is 0. The Morgan fingerprint density at radius 2 is 2.24 bits per heavy atom. The van der Waals surface area contributed by atoms with Crippen LogP contribution >= 0.6 is 0 Å². The molecule has 3 rings (SSSR count). The van der Waals surface area contributed by atoms with Crippen molar-refractivity contribution in [3.05, 3.63) is 48.2 Å². The Labute approximate surface area is 173 Å². The normalized spacial score (nSPS) is 22.5. The van der Waals surface area contributed by atoms with Crippen LogP contribution in [0.2, 0.25) is 0 Å². The van der Waals surface area contributed by atoms with Crippen LogP contribution in [0, 0.1) is 16.9 Å². The lowest BCUT2D eigenvalue weighted by Gasteiger charge is -2.39. The number of benzene rings is 1. The van der Waals surface area contributed by atoms with Gasteiger partial charge in [0.25, 0.3) is 0 Å². The van der Waals surface area contributed by atoms with Gasteiger partial charge in [0.15, 0.2) is 6.19 Å². The molecule has 0 amide bonds. The van der Waals surface area contributed by atoms with Gasteiger partial charge >= 0.3 is 5.97 Å². The molecule has 0 unspecified atom stereocenters. The van der Waals surface area contributed by atoms with E-state index in [-0.39, 0.29) is 23.9 Å². The Morgan fingerprint density at radius 3 is 2.97 bits per heavy atom. The number of nitriles is 1. The predicted octanol–water partition coefficient (Wildman–Crippen LogP) is 4.91. The smallest absolute Gasteiger partial charge is 0.306 e. The Kier molecular flexibility index (Phi) is 6.64. The van der Waals surface area contributed by atoms with E-state index in [4.69, 9.17) is 4.74 Å². The summed E-state index contributed by atoms with van der Waals surface area (Å²) in [6.07, 6.45) is 7.77. The molecular formula is C24H31N3O2. The second-order valence-electron chi connectivity index (χ2n) is 8.09. The number of aromatic amines is 1. The zero-order valence-electron chi connectivity index (χ0n) is 17.5. The van der Waals surface area contributed by atoms with E-state index in [2.05, 4.69) is 49.8 Å². The van der Waals surface area contributed by atoms with Crippen LogP contribution in [0.3, 0.4) is 0 Å². The van der Waals surface area contributed by atoms with E-state index in [9.17, 15) is 10.1 Å². The minimum Gasteiger partial charge on any atom is -0.461 e. The molecule has 1 aromatic carbocycles. The first-order valence-corrected chi connectivity index (χ1v) is 10.6. The molecule has 5 nitrogen and oxygen atoms in total. The molecule has 154 valence electrons. The summed E-state index contributed by atoms with van der Waals surface area (Å²) in [6, 6.07) is 8.34. The summed E-state index contributed by atoms with van der Waals surface area (Å²) in [4.78, 5) is 18.1. The first kappa shape index (κ1) is 21.0. The summed E-state index contributed by atoms with van der Waals surface area (Å²) in [5, 5.41) is 10.8. The zero-order chi connectivity index (χ0) is 20.9. The third kappa shape index (κ3) is 4.32. The van der Waals surface area contributed by atoms with Gasteiger partial charge in [-0.1, -0.05) is 44.7 Å². The van der Waals surface area contributed by atoms with E-state index in [1.54, 1.807) is 6.08 Å². The molecule has 1 aliphatic heterocycles. The van der Waals surface area contributed by atoms with Crippen LogP contribution in [-0.2, 0) is 16.0 Å². The maximum atomic E-state index is 12.6. The fourth-order valence-electron chi connectivity index (χ4n) is 4.80. The first-order valence-electron chi connectivity index (χ1n) is 10.6. The third-order valence-corrected chi connectivity index (χ3v) is 6.64. The first-order chi connectivity index (χ1) is 14.0. The molecule has 0 saturated carbocycles. The molecule has 0 fully saturated rings. The second kappa shape index (κ2) is 9.17. The molecule has 0 aliphatic carbocycles. The van der Waals surface area contributed by atoms with Gasteiger partial charge < -0.3 is 14.6 Å². The summed E-state index contributed by atoms with van der Waals surface area (Å²) in [7, 11) is 0. The summed E-state index contributed by atoms with van der Waals surface area (Å²) < 4.78 is 5.36. The summed E-state index contributed by atoms with van der Waals surface area (Å²) in [6.45, 7) is 9.72. The molecule has 0 spiro atoms. The van der Waals surface area contributed by atoms with E-state index in [1.165, 1.54) is 16.6 Å². The monoisotopic (exact) mass is 393 g/mol. The molecule has 29 heavy (non-hydrogen) atoms. The number of aromatic nitrogens is 1. The lowest BCUT2D eigenvalue weighted by atomic mass is 9.66. The molecule has 0 bridgehead atoms. The van der Waals surface area contributed by atoms with Gasteiger partial charge in [-0.25, -0.2) is 0 Å². The number of fused-ring (bicyclic) bond motifs is 3. The lowest BCUT2D eigenvalue weighted by Crippen LogP contribution is -2.34. The molecule has 2 heterocycles. The average Bonchev–Trinajstić information content (AvgIpc) is 3.11. The number of esters is 1. The number of para-hydroxylation sites is 1. The number of rotatable bonds is 5. The maximum Gasteiger partial charge on any atom is 0.306 e. The zero-order valence-corrected chi connectivity index (χ0v) is 17.5. The largest absolute Gasteiger partial charge is 0.461 e. The van der Waals surface area contributed by atoms with Crippen molar-refractivity contribution in [3.8, 4) is 6.19 Å². The Hall–Kier alpha value is -2.74. The van der Waals surface area contributed by atoms with Crippen LogP contribution in [0.5, 0.6) is 0 Å². The van der Waals surface area contributed by atoms with Gasteiger partial charge in [0.05, 0.1) is 6.42 Å². The van der Waals surface area contributed by atoms with Gasteiger partial charge in [-0.2, -0.15) is 5.26 Å². The van der Waals surface area contributed by atoms with Crippen LogP contribution in [0.1, 0.15) is 56.7 Å². The second-order valence-corrected chi connectivity index (χ2v) is 8.09. The van der Waals surface area contributed by atoms with E-state index >= 15 is 0 Å². The van der Waals surface area contributed by atoms with Crippen molar-refractivity contribution in [1.82, 2.24) is 9.88 Å². The number of nitrogens with zero attached hydrogens (tertiary/aromatic N) is 2. The number of ether oxygens (including phenoxy) is 1. The molecule has 0 saturated heterocycles. The van der Waals surface area contributed by atoms with E-state index < -0.39 is 0 Å². The van der Waals surface area contributed by atoms with Crippen molar-refractivity contribution in [1.29, 1.82) is 5.26 Å². The number of carbonyl (C=O) groups is 1. The van der Waals surface area contributed by atoms with Crippen molar-refractivity contribution in [2.45, 2.75) is 51.9 Å². The Balaban J connectivity index is 2.06. The third-order valence-electron chi connectivity index (χ3n) is 6.64. The highest BCUT2D eigenvalue weighted by Gasteiger charge is 2.40. The van der Waals surface area contributed by atoms with Gasteiger partial charge in [0.1, 0.15) is 6.61 Å². The standard InChI is InChI=1S/C24H31N3O2/c1-4-15-29-22(28)16-24(5-2)12-8-13-27(17-25)14-11-20-19-9-6-7-10-21(19)26-23(20)18(24)3/h4,6-7,9-10,18,26H,1,5,8,11-16H2,2-3H3/t18-,24-/m0/s1. The highest BCUT2D eigenvalue weighted by molar-refractivity contribution is 5.85. The van der Waals surface area contributed by atoms with Crippen LogP contribution in [-0.4, -0.2) is 35.5 Å². The highest BCUT2D eigenvalue weighted by atomic mass is 16.5. The molecule has 0 radical (unpaired) electrons. The van der Waals surface area contributed by atoms with E-state index in [0.29, 0.717) is 6.42 Å². The van der Waals surface area contributed by atoms with Crippen molar-refractivity contribution in [2.24, 2.45) is 5.41 Å². The molecule has 2 aromatic rings. The van der Waals surface area contributed by atoms with Crippen molar-refractivity contribution >= 4 is 16.9 Å². The minimum absolute atomic E-state index is 0.176. The number of nitrogens with one attached hydrogen (secondary N) is 1. The molecule has 2 atom stereocenters. The quantitative estimate of drug-likeness (QED) is 0.445. The topological polar surface area (TPSA) is 69.1 Å². The summed E-state index contributed by atoms with van der Waals surface area (Å²) in [5.74, 6) is 0.00489. The molecule has 5 heteroatoms. The van der Waals surface area contributed by atoms with Crippen LogP contribution in [0.25, 0.3) is 10.9 Å². The van der Waals surface area contributed by atoms with Crippen LogP contribution < -0.4 is 0 Å². The average molecular weight is 394 g/mol. The predicted molar refractivity (Wildman–Crippen MR) is 115 cm³/mol. The van der Waals surface area contributed by atoms with Crippen molar-refractivity contribution < 1.29 is 9.53 Å². The maximum absolute atomic E-state index is 12.6. The number of carbonyl (C=O) groups excluding carboxylic acids is 1. The summed E-state index contributed by atoms with van der Waals surface area (Å²) in [5.41, 5.74) is 3.37. The highest BCUT2D eigenvalue weighted by Crippen LogP contribution is 2.48. The molecule has 1 N–H and O–H groups in total. The number of H-pyrrole nitrogens is 1. The van der Waals surface area contributed by atoms with Gasteiger partial charge in [0, 0.05) is 35.6 Å². The van der Waals surface area contributed by atoms with Crippen molar-refractivity contribution in [2.75, 3.05) is 19.7 Å². The fourth-order valence-corrected chi connectivity index (χ4v) is 4.80. The Bertz CT molecular complexity index is 910. The van der Waals surface area contributed by atoms with E-state index in [0.717, 1.165) is 44.3 Å². The molecule has 1 aliphatic rings. The van der Waals surface area contributed by atoms with E-state index in [1.807, 2.05) is 11.0 Å². The number of hydrogen-bond donors (Lipinski definition) is 1. The lowest BCUT2D eigenvalue weighted by molar-refractivity contribution is -0.146. The van der Waals surface area contributed by atoms with Gasteiger partial charge in [-0.3, -0.25) is 4.79 Å². The Morgan fingerprint density at radius 1 is 1.45 bits per heavy atom. The van der Waals surface area contributed by atoms with Gasteiger partial charge in [-0.15, -0.1) is 0 Å². The molecular weight excluding hydrogens is 362 g/mol. The molecule has 1 aromatic heterocycles. The van der Waals surface area contributed by atoms with Gasteiger partial charge in [0.2, 0.25) is 0 Å². The fraction of sp³-hybridized carbons (Fsp3) is 0.500. The SMILES string of the molecule is C=CCOC(=O)C[C@]1(CC)CCCN(C#N)CCc2c([nH]c3ccccc23)[C@@H]1C. The van der Waals surface area contributed by atoms with Crippen LogP contribution in [0.15, 0.2) is 36.9 Å². The van der Waals surface area contributed by atoms with Gasteiger partial charge in [-0.05, 0) is 42.7 Å². The van der Waals surface area contributed by atoms with Crippen LogP contribution in [0.4, 0.5) is 0 Å².